The first-order valence-corrected chi connectivity index (χ1v) is 7.03. The van der Waals surface area contributed by atoms with Gasteiger partial charge in [0.1, 0.15) is 12.4 Å². The Morgan fingerprint density at radius 1 is 1.43 bits per heavy atom. The van der Waals surface area contributed by atoms with Crippen LogP contribution in [0.3, 0.4) is 0 Å². The van der Waals surface area contributed by atoms with Crippen molar-refractivity contribution in [2.24, 2.45) is 0 Å². The second-order valence-corrected chi connectivity index (χ2v) is 5.06. The predicted molar refractivity (Wildman–Crippen MR) is 78.4 cm³/mol. The Balaban J connectivity index is 1.89. The first kappa shape index (κ1) is 15.2. The summed E-state index contributed by atoms with van der Waals surface area (Å²) in [5, 5.41) is 2.81. The molecule has 0 saturated carbocycles. The van der Waals surface area contributed by atoms with Gasteiger partial charge in [0.25, 0.3) is 0 Å². The Morgan fingerprint density at radius 3 is 2.86 bits per heavy atom. The number of carbonyl (C=O) groups excluding carboxylic acids is 2. The molecule has 1 fully saturated rings. The lowest BCUT2D eigenvalue weighted by atomic mass is 10.2. The molecule has 2 rings (SSSR count). The van der Waals surface area contributed by atoms with Crippen molar-refractivity contribution in [1.29, 1.82) is 0 Å². The van der Waals surface area contributed by atoms with Gasteiger partial charge in [0, 0.05) is 13.0 Å². The molecule has 0 unspecified atom stereocenters. The van der Waals surface area contributed by atoms with Crippen molar-refractivity contribution >= 4 is 17.7 Å². The number of anilines is 1. The number of nitrogens with zero attached hydrogens (tertiary/aromatic N) is 1. The summed E-state index contributed by atoms with van der Waals surface area (Å²) in [6, 6.07) is 7.29. The number of carbonyl (C=O) groups is 2. The number of hydrogen-bond donors (Lipinski definition) is 1. The largest absolute Gasteiger partial charge is 0.489 e. The minimum Gasteiger partial charge on any atom is -0.489 e. The van der Waals surface area contributed by atoms with E-state index in [2.05, 4.69) is 5.32 Å². The topological polar surface area (TPSA) is 67.9 Å². The molecule has 0 radical (unpaired) electrons. The molecule has 0 atom stereocenters. The van der Waals surface area contributed by atoms with Crippen molar-refractivity contribution in [2.45, 2.75) is 26.4 Å². The monoisotopic (exact) mass is 292 g/mol. The third kappa shape index (κ3) is 4.37. The Kier molecular flexibility index (Phi) is 5.03. The Bertz CT molecular complexity index is 516. The van der Waals surface area contributed by atoms with Crippen LogP contribution in [0.4, 0.5) is 10.5 Å². The first-order chi connectivity index (χ1) is 10.1. The predicted octanol–water partition coefficient (Wildman–Crippen LogP) is 2.25. The average molecular weight is 292 g/mol. The Hall–Kier alpha value is -2.24. The number of ether oxygens (including phenoxy) is 2. The number of benzene rings is 1. The molecule has 0 aliphatic carbocycles. The third-order valence-electron chi connectivity index (χ3n) is 2.98. The summed E-state index contributed by atoms with van der Waals surface area (Å²) >= 11 is 0. The highest BCUT2D eigenvalue weighted by molar-refractivity contribution is 5.92. The van der Waals surface area contributed by atoms with E-state index in [1.807, 2.05) is 32.0 Å². The fourth-order valence-corrected chi connectivity index (χ4v) is 2.00. The standard InChI is InChI=1S/C15H20N2O4/c1-11(2)21-13-6-4-3-5-12(13)16-14(18)7-8-17-9-10-20-15(17)19/h3-6,11H,7-10H2,1-2H3,(H,16,18). The van der Waals surface area contributed by atoms with Crippen LogP contribution >= 0.6 is 0 Å². The molecule has 1 N–H and O–H groups in total. The van der Waals surface area contributed by atoms with Crippen LogP contribution in [0.15, 0.2) is 24.3 Å². The number of hydrogen-bond acceptors (Lipinski definition) is 4. The second kappa shape index (κ2) is 6.97. The Morgan fingerprint density at radius 2 is 2.19 bits per heavy atom. The van der Waals surface area contributed by atoms with Crippen molar-refractivity contribution < 1.29 is 19.1 Å². The van der Waals surface area contributed by atoms with Crippen LogP contribution < -0.4 is 10.1 Å². The lowest BCUT2D eigenvalue weighted by Crippen LogP contribution is -2.28. The quantitative estimate of drug-likeness (QED) is 0.873. The average Bonchev–Trinajstić information content (AvgIpc) is 2.84. The summed E-state index contributed by atoms with van der Waals surface area (Å²) in [4.78, 5) is 24.8. The van der Waals surface area contributed by atoms with Gasteiger partial charge in [0.15, 0.2) is 0 Å². The lowest BCUT2D eigenvalue weighted by molar-refractivity contribution is -0.116. The number of amides is 2. The van der Waals surface area contributed by atoms with E-state index in [0.717, 1.165) is 0 Å². The zero-order chi connectivity index (χ0) is 15.2. The van der Waals surface area contributed by atoms with Crippen molar-refractivity contribution in [1.82, 2.24) is 4.90 Å². The molecule has 2 amide bonds. The number of nitrogens with one attached hydrogen (secondary N) is 1. The van der Waals surface area contributed by atoms with E-state index in [0.29, 0.717) is 31.1 Å². The molecule has 0 bridgehead atoms. The summed E-state index contributed by atoms with van der Waals surface area (Å²) in [6.45, 7) is 5.15. The molecule has 1 aliphatic rings. The molecule has 1 aliphatic heterocycles. The van der Waals surface area contributed by atoms with Gasteiger partial charge in [-0.2, -0.15) is 0 Å². The molecule has 6 nitrogen and oxygen atoms in total. The summed E-state index contributed by atoms with van der Waals surface area (Å²) in [5.74, 6) is 0.482. The smallest absolute Gasteiger partial charge is 0.409 e. The minimum absolute atomic E-state index is 0.0300. The van der Waals surface area contributed by atoms with E-state index in [9.17, 15) is 9.59 Å². The second-order valence-electron chi connectivity index (χ2n) is 5.06. The molecule has 21 heavy (non-hydrogen) atoms. The maximum Gasteiger partial charge on any atom is 0.409 e. The molecule has 1 aromatic rings. The van der Waals surface area contributed by atoms with Gasteiger partial charge in [-0.3, -0.25) is 4.79 Å². The van der Waals surface area contributed by atoms with E-state index in [4.69, 9.17) is 9.47 Å². The van der Waals surface area contributed by atoms with Crippen molar-refractivity contribution in [2.75, 3.05) is 25.0 Å². The van der Waals surface area contributed by atoms with Crippen LogP contribution in [-0.2, 0) is 9.53 Å². The molecule has 6 heteroatoms. The van der Waals surface area contributed by atoms with Crippen molar-refractivity contribution in [3.63, 3.8) is 0 Å². The van der Waals surface area contributed by atoms with E-state index < -0.39 is 0 Å². The summed E-state index contributed by atoms with van der Waals surface area (Å²) < 4.78 is 10.5. The SMILES string of the molecule is CC(C)Oc1ccccc1NC(=O)CCN1CCOC1=O. The van der Waals surface area contributed by atoms with E-state index in [1.54, 1.807) is 6.07 Å². The third-order valence-corrected chi connectivity index (χ3v) is 2.98. The fourth-order valence-electron chi connectivity index (χ4n) is 2.00. The van der Waals surface area contributed by atoms with Crippen LogP contribution in [0.2, 0.25) is 0 Å². The van der Waals surface area contributed by atoms with Crippen LogP contribution in [0.5, 0.6) is 5.75 Å². The zero-order valence-corrected chi connectivity index (χ0v) is 12.3. The molecular weight excluding hydrogens is 272 g/mol. The van der Waals surface area contributed by atoms with Crippen LogP contribution in [-0.4, -0.2) is 42.7 Å². The van der Waals surface area contributed by atoms with Crippen LogP contribution in [0.1, 0.15) is 20.3 Å². The normalized spacial score (nSPS) is 14.2. The highest BCUT2D eigenvalue weighted by Crippen LogP contribution is 2.24. The van der Waals surface area contributed by atoms with Crippen LogP contribution in [0, 0.1) is 0 Å². The minimum atomic E-state index is -0.355. The van der Waals surface area contributed by atoms with Crippen molar-refractivity contribution in [3.05, 3.63) is 24.3 Å². The van der Waals surface area contributed by atoms with Crippen LogP contribution in [0.25, 0.3) is 0 Å². The summed E-state index contributed by atoms with van der Waals surface area (Å²) in [7, 11) is 0. The first-order valence-electron chi connectivity index (χ1n) is 7.03. The zero-order valence-electron chi connectivity index (χ0n) is 12.3. The van der Waals surface area contributed by atoms with Gasteiger partial charge < -0.3 is 19.7 Å². The Labute approximate surface area is 124 Å². The molecular formula is C15H20N2O4. The molecule has 1 saturated heterocycles. The van der Waals surface area contributed by atoms with Gasteiger partial charge in [-0.1, -0.05) is 12.1 Å². The maximum absolute atomic E-state index is 12.0. The van der Waals surface area contributed by atoms with Gasteiger partial charge in [-0.15, -0.1) is 0 Å². The molecule has 1 heterocycles. The van der Waals surface area contributed by atoms with Gasteiger partial charge in [-0.05, 0) is 26.0 Å². The molecule has 0 spiro atoms. The maximum atomic E-state index is 12.0. The highest BCUT2D eigenvalue weighted by atomic mass is 16.6. The van der Waals surface area contributed by atoms with Gasteiger partial charge in [0.05, 0.1) is 18.3 Å². The number of cyclic esters (lactones) is 1. The lowest BCUT2D eigenvalue weighted by Gasteiger charge is -2.16. The molecule has 1 aromatic carbocycles. The number of rotatable bonds is 6. The van der Waals surface area contributed by atoms with E-state index >= 15 is 0 Å². The van der Waals surface area contributed by atoms with E-state index in [1.165, 1.54) is 4.90 Å². The van der Waals surface area contributed by atoms with E-state index in [-0.39, 0.29) is 24.5 Å². The van der Waals surface area contributed by atoms with Gasteiger partial charge in [-0.25, -0.2) is 4.79 Å². The summed E-state index contributed by atoms with van der Waals surface area (Å²) in [6.07, 6.45) is -0.0979. The highest BCUT2D eigenvalue weighted by Gasteiger charge is 2.22. The summed E-state index contributed by atoms with van der Waals surface area (Å²) in [5.41, 5.74) is 0.639. The fraction of sp³-hybridized carbons (Fsp3) is 0.467. The molecule has 114 valence electrons. The molecule has 0 aromatic heterocycles. The van der Waals surface area contributed by atoms with Gasteiger partial charge >= 0.3 is 6.09 Å². The van der Waals surface area contributed by atoms with Gasteiger partial charge in [0.2, 0.25) is 5.91 Å². The van der Waals surface area contributed by atoms with Crippen molar-refractivity contribution in [3.8, 4) is 5.75 Å². The number of para-hydroxylation sites is 2.